The highest BCUT2D eigenvalue weighted by Crippen LogP contribution is 2.51. The lowest BCUT2D eigenvalue weighted by Crippen LogP contribution is -2.30. The molecule has 132 valence electrons. The molecule has 0 N–H and O–H groups in total. The van der Waals surface area contributed by atoms with Crippen LogP contribution in [0.4, 0.5) is 0 Å². The lowest BCUT2D eigenvalue weighted by Gasteiger charge is -2.22. The molecule has 0 unspecified atom stereocenters. The van der Waals surface area contributed by atoms with Crippen LogP contribution in [0.25, 0.3) is 0 Å². The maximum absolute atomic E-state index is 5.12. The van der Waals surface area contributed by atoms with E-state index in [4.69, 9.17) is 6.42 Å². The van der Waals surface area contributed by atoms with Crippen LogP contribution in [0.3, 0.4) is 0 Å². The molecule has 0 spiro atoms. The van der Waals surface area contributed by atoms with Gasteiger partial charge in [-0.05, 0) is 36.4 Å². The minimum absolute atomic E-state index is 1.10. The number of terminal acetylenes is 1. The summed E-state index contributed by atoms with van der Waals surface area (Å²) in [5.41, 5.74) is 2.74. The molecular weight excluding hydrogens is 347 g/mol. The Bertz CT molecular complexity index is 731. The Morgan fingerprint density at radius 2 is 0.846 bits per heavy atom. The molecule has 0 nitrogen and oxygen atoms in total. The number of hydrogen-bond donors (Lipinski definition) is 0. The van der Waals surface area contributed by atoms with E-state index < -0.39 is 15.3 Å². The number of rotatable bonds is 3. The van der Waals surface area contributed by atoms with Gasteiger partial charge in [-0.2, -0.15) is 0 Å². The van der Waals surface area contributed by atoms with Crippen LogP contribution < -0.4 is 15.9 Å². The minimum Gasteiger partial charge on any atom is -0.135 e. The molecule has 3 rings (SSSR count). The Morgan fingerprint density at radius 1 is 0.615 bits per heavy atom. The predicted octanol–water partition coefficient (Wildman–Crippen LogP) is 5.11. The maximum Gasteiger partial charge on any atom is 0.128 e. The molecule has 0 amide bonds. The van der Waals surface area contributed by atoms with Crippen LogP contribution in [0.2, 0.25) is 19.6 Å². The van der Waals surface area contributed by atoms with Gasteiger partial charge in [-0.1, -0.05) is 74.2 Å². The van der Waals surface area contributed by atoms with Gasteiger partial charge in [-0.25, -0.2) is 0 Å². The van der Waals surface area contributed by atoms with Crippen molar-refractivity contribution in [3.05, 3.63) is 91.0 Å². The maximum atomic E-state index is 5.12. The average Bonchev–Trinajstić information content (AvgIpc) is 2.69. The number of benzene rings is 3. The molecule has 0 heterocycles. The van der Waals surface area contributed by atoms with E-state index in [2.05, 4.69) is 123 Å². The summed E-state index contributed by atoms with van der Waals surface area (Å²) in [4.78, 5) is 0. The zero-order valence-electron chi connectivity index (χ0n) is 16.2. The zero-order chi connectivity index (χ0) is 19.0. The van der Waals surface area contributed by atoms with Gasteiger partial charge in [0.25, 0.3) is 0 Å². The molecule has 0 radical (unpaired) electrons. The molecule has 0 aliphatic carbocycles. The van der Waals surface area contributed by atoms with E-state index in [0.717, 1.165) is 0 Å². The first-order valence-corrected chi connectivity index (χ1v) is 14.6. The van der Waals surface area contributed by atoms with Crippen molar-refractivity contribution in [2.75, 3.05) is 6.66 Å². The molecule has 0 fully saturated rings. The van der Waals surface area contributed by atoms with Crippen LogP contribution in [0.15, 0.2) is 91.0 Å². The largest absolute Gasteiger partial charge is 0.135 e. The monoisotopic (exact) mass is 375 g/mol. The SMILES string of the molecule is C#C[Si](C)(C)C.C[P+](c1ccccc1)(c1ccccc1)c1ccccc1. The van der Waals surface area contributed by atoms with Gasteiger partial charge >= 0.3 is 0 Å². The summed E-state index contributed by atoms with van der Waals surface area (Å²) in [5, 5.41) is 4.28. The van der Waals surface area contributed by atoms with E-state index in [0.29, 0.717) is 0 Å². The van der Waals surface area contributed by atoms with Crippen LogP contribution in [0.1, 0.15) is 0 Å². The van der Waals surface area contributed by atoms with Crippen molar-refractivity contribution in [1.82, 2.24) is 0 Å². The van der Waals surface area contributed by atoms with E-state index in [1.54, 1.807) is 0 Å². The van der Waals surface area contributed by atoms with Gasteiger partial charge in [-0.15, -0.1) is 12.0 Å². The third-order valence-electron chi connectivity index (χ3n) is 4.25. The van der Waals surface area contributed by atoms with Crippen LogP contribution in [-0.2, 0) is 0 Å². The Hall–Kier alpha value is -2.13. The Labute approximate surface area is 160 Å². The highest BCUT2D eigenvalue weighted by molar-refractivity contribution is 7.95. The van der Waals surface area contributed by atoms with Gasteiger partial charge in [0.2, 0.25) is 0 Å². The highest BCUT2D eigenvalue weighted by Gasteiger charge is 2.39. The topological polar surface area (TPSA) is 0 Å². The fourth-order valence-corrected chi connectivity index (χ4v) is 5.83. The summed E-state index contributed by atoms with van der Waals surface area (Å²) in [7, 11) is -2.63. The quantitative estimate of drug-likeness (QED) is 0.339. The number of hydrogen-bond acceptors (Lipinski definition) is 0. The Morgan fingerprint density at radius 3 is 1.04 bits per heavy atom. The molecular formula is C24H28PSi+. The van der Waals surface area contributed by atoms with Crippen molar-refractivity contribution in [1.29, 1.82) is 0 Å². The van der Waals surface area contributed by atoms with Crippen LogP contribution in [-0.4, -0.2) is 14.7 Å². The summed E-state index contributed by atoms with van der Waals surface area (Å²) in [6, 6.07) is 32.6. The van der Waals surface area contributed by atoms with Crippen molar-refractivity contribution in [2.24, 2.45) is 0 Å². The van der Waals surface area contributed by atoms with Gasteiger partial charge in [0.15, 0.2) is 0 Å². The first kappa shape index (κ1) is 20.2. The van der Waals surface area contributed by atoms with Crippen molar-refractivity contribution >= 4 is 31.2 Å². The molecule has 0 bridgehead atoms. The summed E-state index contributed by atoms with van der Waals surface area (Å²) < 4.78 is 0. The van der Waals surface area contributed by atoms with Gasteiger partial charge in [0, 0.05) is 0 Å². The lowest BCUT2D eigenvalue weighted by molar-refractivity contribution is 1.72. The minimum atomic E-state index is -1.53. The third-order valence-corrected chi connectivity index (χ3v) is 9.11. The highest BCUT2D eigenvalue weighted by atomic mass is 31.2. The Balaban J connectivity index is 0.000000352. The molecule has 2 heteroatoms. The summed E-state index contributed by atoms with van der Waals surface area (Å²) >= 11 is 0. The van der Waals surface area contributed by atoms with Crippen molar-refractivity contribution in [3.63, 3.8) is 0 Å². The molecule has 0 aliphatic rings. The first-order valence-electron chi connectivity index (χ1n) is 8.89. The van der Waals surface area contributed by atoms with E-state index in [-0.39, 0.29) is 0 Å². The van der Waals surface area contributed by atoms with Crippen LogP contribution in [0, 0.1) is 12.0 Å². The lowest BCUT2D eigenvalue weighted by atomic mass is 10.4. The summed E-state index contributed by atoms with van der Waals surface area (Å²) in [6.07, 6.45) is 5.12. The molecule has 0 saturated carbocycles. The van der Waals surface area contributed by atoms with Crippen molar-refractivity contribution < 1.29 is 0 Å². The van der Waals surface area contributed by atoms with E-state index in [1.807, 2.05) is 0 Å². The van der Waals surface area contributed by atoms with Gasteiger partial charge in [-0.3, -0.25) is 0 Å². The van der Waals surface area contributed by atoms with Crippen molar-refractivity contribution in [2.45, 2.75) is 19.6 Å². The molecule has 26 heavy (non-hydrogen) atoms. The van der Waals surface area contributed by atoms with Crippen LogP contribution >= 0.6 is 7.26 Å². The third kappa shape index (κ3) is 5.18. The van der Waals surface area contributed by atoms with Gasteiger partial charge in [0.1, 0.15) is 31.2 Å². The molecule has 0 aromatic heterocycles. The summed E-state index contributed by atoms with van der Waals surface area (Å²) in [6.45, 7) is 8.85. The van der Waals surface area contributed by atoms with Gasteiger partial charge < -0.3 is 0 Å². The first-order chi connectivity index (χ1) is 12.4. The Kier molecular flexibility index (Phi) is 6.98. The average molecular weight is 376 g/mol. The fraction of sp³-hybridized carbons (Fsp3) is 0.167. The zero-order valence-corrected chi connectivity index (χ0v) is 18.1. The van der Waals surface area contributed by atoms with E-state index in [9.17, 15) is 0 Å². The smallest absolute Gasteiger partial charge is 0.128 e. The normalized spacial score (nSPS) is 11.0. The second kappa shape index (κ2) is 8.99. The summed E-state index contributed by atoms with van der Waals surface area (Å²) in [5.74, 6) is 0. The van der Waals surface area contributed by atoms with E-state index >= 15 is 0 Å². The van der Waals surface area contributed by atoms with E-state index in [1.165, 1.54) is 15.9 Å². The standard InChI is InChI=1S/C19H18P.C5H10Si/c1-20(17-11-5-2-6-12-17,18-13-7-3-8-14-18)19-15-9-4-10-16-19;1-5-6(2,3)4/h2-16H,1H3;1H,2-4H3/q+1;. The molecule has 0 atom stereocenters. The molecule has 3 aromatic carbocycles. The second-order valence-electron chi connectivity index (χ2n) is 7.41. The molecule has 0 saturated heterocycles. The van der Waals surface area contributed by atoms with Crippen molar-refractivity contribution in [3.8, 4) is 12.0 Å². The van der Waals surface area contributed by atoms with Crippen LogP contribution in [0.5, 0.6) is 0 Å². The van der Waals surface area contributed by atoms with Gasteiger partial charge in [0.05, 0.1) is 6.66 Å². The molecule has 3 aromatic rings. The molecule has 0 aliphatic heterocycles. The predicted molar refractivity (Wildman–Crippen MR) is 123 cm³/mol. The fourth-order valence-electron chi connectivity index (χ4n) is 2.63. The second-order valence-corrected chi connectivity index (χ2v) is 15.8.